The minimum absolute atomic E-state index is 0.358. The summed E-state index contributed by atoms with van der Waals surface area (Å²) in [5.41, 5.74) is 11.7. The molecule has 0 saturated carbocycles. The molecule has 0 aliphatic heterocycles. The molecule has 0 unspecified atom stereocenters. The summed E-state index contributed by atoms with van der Waals surface area (Å²) in [7, 11) is 0. The highest BCUT2D eigenvalue weighted by Crippen LogP contribution is 2.23. The van der Waals surface area contributed by atoms with Crippen LogP contribution in [-0.2, 0) is 23.4 Å². The van der Waals surface area contributed by atoms with Crippen molar-refractivity contribution < 1.29 is 0 Å². The van der Waals surface area contributed by atoms with E-state index in [-0.39, 0.29) is 0 Å². The summed E-state index contributed by atoms with van der Waals surface area (Å²) in [6.45, 7) is 14.0. The molecule has 0 saturated heterocycles. The van der Waals surface area contributed by atoms with Crippen LogP contribution in [0.3, 0.4) is 0 Å². The number of hydrogen-bond acceptors (Lipinski definition) is 8. The fourth-order valence-electron chi connectivity index (χ4n) is 2.73. The summed E-state index contributed by atoms with van der Waals surface area (Å²) in [6, 6.07) is 15.5. The van der Waals surface area contributed by atoms with Crippen molar-refractivity contribution in [1.82, 2.24) is 15.0 Å². The average Bonchev–Trinajstić information content (AvgIpc) is 2.93. The Hall–Kier alpha value is -2.43. The van der Waals surface area contributed by atoms with Gasteiger partial charge in [0.25, 0.3) is 0 Å². The van der Waals surface area contributed by atoms with Crippen molar-refractivity contribution in [1.29, 1.82) is 10.5 Å². The van der Waals surface area contributed by atoms with Crippen molar-refractivity contribution in [2.45, 2.75) is 64.9 Å². The van der Waals surface area contributed by atoms with Crippen LogP contribution in [0.15, 0.2) is 55.0 Å². The van der Waals surface area contributed by atoms with Gasteiger partial charge in [-0.25, -0.2) is 0 Å². The zero-order valence-electron chi connectivity index (χ0n) is 24.4. The summed E-state index contributed by atoms with van der Waals surface area (Å²) in [4.78, 5) is 12.6. The van der Waals surface area contributed by atoms with Gasteiger partial charge in [-0.05, 0) is 58.2 Å². The summed E-state index contributed by atoms with van der Waals surface area (Å²) in [5, 5.41) is 17.8. The lowest BCUT2D eigenvalue weighted by molar-refractivity contribution is 0.480. The fourth-order valence-corrected chi connectivity index (χ4v) is 5.25. The monoisotopic (exact) mass is 640 g/mol. The van der Waals surface area contributed by atoms with Crippen molar-refractivity contribution in [3.05, 3.63) is 88.8 Å². The Labute approximate surface area is 257 Å². The molecular formula is C31H41BrN6S2. The average molecular weight is 642 g/mol. The maximum atomic E-state index is 8.62. The molecule has 3 heterocycles. The highest BCUT2D eigenvalue weighted by Gasteiger charge is 2.10. The minimum Gasteiger partial charge on any atom is -0.326 e. The second kappa shape index (κ2) is 18.8. The normalized spacial score (nSPS) is 10.8. The number of thioether (sulfide) groups is 2. The zero-order chi connectivity index (χ0) is 30.0. The van der Waals surface area contributed by atoms with Crippen molar-refractivity contribution in [2.24, 2.45) is 16.6 Å². The SMILES string of the molecule is CC(C)(C)CSCc1ccc(C#N)cn1.CC(C)(C)CSCc1ccc(CN)cn1.N#Cc1ccc(CBr)nc1. The first-order chi connectivity index (χ1) is 18.9. The molecule has 3 aromatic heterocycles. The van der Waals surface area contributed by atoms with Crippen LogP contribution in [0.1, 0.15) is 75.3 Å². The lowest BCUT2D eigenvalue weighted by atomic mass is 10.0. The number of aromatic nitrogens is 3. The van der Waals surface area contributed by atoms with Crippen LogP contribution in [0, 0.1) is 33.5 Å². The second-order valence-electron chi connectivity index (χ2n) is 11.4. The van der Waals surface area contributed by atoms with Crippen LogP contribution in [-0.4, -0.2) is 26.5 Å². The van der Waals surface area contributed by atoms with Crippen LogP contribution in [0.5, 0.6) is 0 Å². The van der Waals surface area contributed by atoms with Gasteiger partial charge in [0, 0.05) is 42.0 Å². The van der Waals surface area contributed by atoms with Crippen molar-refractivity contribution in [2.75, 3.05) is 11.5 Å². The van der Waals surface area contributed by atoms with Crippen LogP contribution in [0.4, 0.5) is 0 Å². The molecule has 6 nitrogen and oxygen atoms in total. The first-order valence-corrected chi connectivity index (χ1v) is 16.4. The largest absolute Gasteiger partial charge is 0.326 e. The van der Waals surface area contributed by atoms with E-state index < -0.39 is 0 Å². The third kappa shape index (κ3) is 17.3. The molecule has 0 aliphatic carbocycles. The molecule has 40 heavy (non-hydrogen) atoms. The number of nitrogens with two attached hydrogens (primary N) is 1. The number of hydrogen-bond donors (Lipinski definition) is 1. The van der Waals surface area contributed by atoms with E-state index in [9.17, 15) is 0 Å². The van der Waals surface area contributed by atoms with E-state index in [1.54, 1.807) is 18.5 Å². The Morgan fingerprint density at radius 1 is 0.700 bits per heavy atom. The van der Waals surface area contributed by atoms with Crippen LogP contribution < -0.4 is 5.73 Å². The first-order valence-electron chi connectivity index (χ1n) is 12.9. The van der Waals surface area contributed by atoms with E-state index in [1.165, 1.54) is 0 Å². The number of nitrogens with zero attached hydrogens (tertiary/aromatic N) is 5. The predicted molar refractivity (Wildman–Crippen MR) is 174 cm³/mol. The smallest absolute Gasteiger partial charge is 0.101 e. The Morgan fingerprint density at radius 2 is 1.12 bits per heavy atom. The molecule has 0 bridgehead atoms. The molecule has 0 amide bonds. The third-order valence-electron chi connectivity index (χ3n) is 4.74. The van der Waals surface area contributed by atoms with Crippen molar-refractivity contribution in [3.8, 4) is 12.1 Å². The standard InChI is InChI=1S/C12H20N2S.C12H16N2S.C7H5BrN2/c2*1-12(2,3)9-15-8-11-5-4-10(6-13)7-14-11;8-3-7-2-1-6(4-9)5-10-7/h4-5,7H,6,8-9,13H2,1-3H3;4-5,7H,8-9H2,1-3H3;1-2,5H,3H2. The number of alkyl halides is 1. The summed E-state index contributed by atoms with van der Waals surface area (Å²) < 4.78 is 0. The van der Waals surface area contributed by atoms with Gasteiger partial charge in [-0.1, -0.05) is 63.5 Å². The minimum atomic E-state index is 0.358. The van der Waals surface area contributed by atoms with E-state index in [0.717, 1.165) is 51.0 Å². The topological polar surface area (TPSA) is 112 Å². The Bertz CT molecular complexity index is 1190. The molecule has 3 rings (SSSR count). The quantitative estimate of drug-likeness (QED) is 0.247. The van der Waals surface area contributed by atoms with E-state index in [1.807, 2.05) is 54.0 Å². The highest BCUT2D eigenvalue weighted by molar-refractivity contribution is 9.08. The summed E-state index contributed by atoms with van der Waals surface area (Å²) in [5.74, 6) is 4.19. The highest BCUT2D eigenvalue weighted by atomic mass is 79.9. The van der Waals surface area contributed by atoms with E-state index in [0.29, 0.717) is 28.5 Å². The zero-order valence-corrected chi connectivity index (χ0v) is 27.7. The summed E-state index contributed by atoms with van der Waals surface area (Å²) >= 11 is 7.07. The predicted octanol–water partition coefficient (Wildman–Crippen LogP) is 7.90. The van der Waals surface area contributed by atoms with Crippen molar-refractivity contribution in [3.63, 3.8) is 0 Å². The fraction of sp³-hybridized carbons (Fsp3) is 0.452. The maximum Gasteiger partial charge on any atom is 0.101 e. The number of pyridine rings is 3. The third-order valence-corrected chi connectivity index (χ3v) is 8.45. The van der Waals surface area contributed by atoms with Gasteiger partial charge in [-0.3, -0.25) is 15.0 Å². The number of halogens is 1. The molecule has 0 radical (unpaired) electrons. The number of nitriles is 2. The van der Waals surface area contributed by atoms with Gasteiger partial charge >= 0.3 is 0 Å². The molecule has 3 aromatic rings. The molecular weight excluding hydrogens is 600 g/mol. The Morgan fingerprint density at radius 3 is 1.43 bits per heavy atom. The van der Waals surface area contributed by atoms with Gasteiger partial charge in [-0.2, -0.15) is 34.0 Å². The molecule has 214 valence electrons. The second-order valence-corrected chi connectivity index (χ2v) is 13.9. The van der Waals surface area contributed by atoms with Gasteiger partial charge in [0.1, 0.15) is 12.1 Å². The molecule has 0 spiro atoms. The van der Waals surface area contributed by atoms with Crippen LogP contribution >= 0.6 is 39.5 Å². The number of rotatable bonds is 8. The van der Waals surface area contributed by atoms with E-state index >= 15 is 0 Å². The molecule has 0 fully saturated rings. The molecule has 0 aromatic carbocycles. The van der Waals surface area contributed by atoms with Gasteiger partial charge in [0.15, 0.2) is 0 Å². The Balaban J connectivity index is 0.000000307. The van der Waals surface area contributed by atoms with Crippen LogP contribution in [0.25, 0.3) is 0 Å². The van der Waals surface area contributed by atoms with Crippen molar-refractivity contribution >= 4 is 39.5 Å². The van der Waals surface area contributed by atoms with Crippen LogP contribution in [0.2, 0.25) is 0 Å². The lowest BCUT2D eigenvalue weighted by Crippen LogP contribution is -2.08. The first kappa shape index (κ1) is 35.6. The van der Waals surface area contributed by atoms with Gasteiger partial charge in [0.2, 0.25) is 0 Å². The molecule has 9 heteroatoms. The lowest BCUT2D eigenvalue weighted by Gasteiger charge is -2.16. The summed E-state index contributed by atoms with van der Waals surface area (Å²) in [6.07, 6.45) is 5.07. The Kier molecular flexibility index (Phi) is 16.8. The van der Waals surface area contributed by atoms with E-state index in [4.69, 9.17) is 16.3 Å². The van der Waals surface area contributed by atoms with Gasteiger partial charge in [-0.15, -0.1) is 0 Å². The molecule has 2 N–H and O–H groups in total. The van der Waals surface area contributed by atoms with Gasteiger partial charge in [0.05, 0.1) is 28.2 Å². The van der Waals surface area contributed by atoms with Gasteiger partial charge < -0.3 is 5.73 Å². The molecule has 0 atom stereocenters. The molecule has 0 aliphatic rings. The van der Waals surface area contributed by atoms with E-state index in [2.05, 4.69) is 90.6 Å². The maximum absolute atomic E-state index is 8.62.